The fourth-order valence-electron chi connectivity index (χ4n) is 3.39. The molecule has 0 bridgehead atoms. The van der Waals surface area contributed by atoms with Gasteiger partial charge in [-0.2, -0.15) is 0 Å². The van der Waals surface area contributed by atoms with Crippen LogP contribution in [-0.2, 0) is 0 Å². The van der Waals surface area contributed by atoms with Crippen molar-refractivity contribution in [1.82, 2.24) is 5.32 Å². The van der Waals surface area contributed by atoms with E-state index in [1.165, 1.54) is 21.9 Å². The van der Waals surface area contributed by atoms with Gasteiger partial charge in [-0.1, -0.05) is 49.4 Å². The Labute approximate surface area is 142 Å². The first-order valence-electron chi connectivity index (χ1n) is 8.38. The second-order valence-electron chi connectivity index (χ2n) is 6.09. The summed E-state index contributed by atoms with van der Waals surface area (Å²) >= 11 is 0. The lowest BCUT2D eigenvalue weighted by atomic mass is 9.91. The maximum Gasteiger partial charge on any atom is 0.150 e. The Morgan fingerprint density at radius 3 is 2.54 bits per heavy atom. The first-order chi connectivity index (χ1) is 11.8. The summed E-state index contributed by atoms with van der Waals surface area (Å²) in [6, 6.07) is 21.1. The smallest absolute Gasteiger partial charge is 0.150 e. The molecule has 3 nitrogen and oxygen atoms in total. The fraction of sp³-hybridized carbons (Fsp3) is 0.238. The van der Waals surface area contributed by atoms with E-state index >= 15 is 0 Å². The van der Waals surface area contributed by atoms with Gasteiger partial charge >= 0.3 is 0 Å². The number of hydrogen-bond donors (Lipinski definition) is 1. The molecule has 0 radical (unpaired) electrons. The summed E-state index contributed by atoms with van der Waals surface area (Å²) in [5.74, 6) is 1.84. The molecule has 0 aromatic heterocycles. The van der Waals surface area contributed by atoms with Gasteiger partial charge in [0.2, 0.25) is 0 Å². The standard InChI is InChI=1S/C21H21NO2/c1-3-19-22-21(15-8-11-16(23-2)12-9-15)20-17-7-5-4-6-14(17)10-13-18(20)24-19/h4-13,19,21-22H,3H2,1-2H3/t19-,21+/m1/s1. The highest BCUT2D eigenvalue weighted by Crippen LogP contribution is 2.40. The highest BCUT2D eigenvalue weighted by Gasteiger charge is 2.29. The number of benzene rings is 3. The molecule has 122 valence electrons. The molecule has 4 rings (SSSR count). The predicted molar refractivity (Wildman–Crippen MR) is 96.6 cm³/mol. The largest absolute Gasteiger partial charge is 0.497 e. The van der Waals surface area contributed by atoms with Gasteiger partial charge in [0.05, 0.1) is 13.2 Å². The van der Waals surface area contributed by atoms with Crippen LogP contribution in [0.4, 0.5) is 0 Å². The van der Waals surface area contributed by atoms with Gasteiger partial charge in [-0.25, -0.2) is 0 Å². The van der Waals surface area contributed by atoms with E-state index in [1.807, 2.05) is 12.1 Å². The lowest BCUT2D eigenvalue weighted by Crippen LogP contribution is -2.41. The van der Waals surface area contributed by atoms with Crippen LogP contribution in [0.5, 0.6) is 11.5 Å². The van der Waals surface area contributed by atoms with Gasteiger partial charge in [0.1, 0.15) is 11.5 Å². The molecule has 1 aliphatic rings. The van der Waals surface area contributed by atoms with Gasteiger partial charge in [-0.15, -0.1) is 0 Å². The summed E-state index contributed by atoms with van der Waals surface area (Å²) in [4.78, 5) is 0. The molecule has 1 N–H and O–H groups in total. The van der Waals surface area contributed by atoms with Crippen molar-refractivity contribution in [2.24, 2.45) is 0 Å². The molecule has 3 aromatic rings. The number of methoxy groups -OCH3 is 1. The summed E-state index contributed by atoms with van der Waals surface area (Å²) in [5, 5.41) is 6.11. The summed E-state index contributed by atoms with van der Waals surface area (Å²) in [6.45, 7) is 2.13. The molecule has 3 aromatic carbocycles. The summed E-state index contributed by atoms with van der Waals surface area (Å²) in [7, 11) is 1.69. The van der Waals surface area contributed by atoms with Crippen molar-refractivity contribution in [3.63, 3.8) is 0 Å². The van der Waals surface area contributed by atoms with E-state index in [0.717, 1.165) is 17.9 Å². The maximum absolute atomic E-state index is 6.15. The molecule has 0 amide bonds. The normalized spacial score (nSPS) is 19.6. The van der Waals surface area contributed by atoms with E-state index in [4.69, 9.17) is 9.47 Å². The average Bonchev–Trinajstić information content (AvgIpc) is 2.67. The Bertz CT molecular complexity index is 857. The Morgan fingerprint density at radius 1 is 1.00 bits per heavy atom. The summed E-state index contributed by atoms with van der Waals surface area (Å²) in [5.41, 5.74) is 2.43. The fourth-order valence-corrected chi connectivity index (χ4v) is 3.39. The van der Waals surface area contributed by atoms with Crippen molar-refractivity contribution in [3.05, 3.63) is 71.8 Å². The van der Waals surface area contributed by atoms with Gasteiger partial charge in [-0.05, 0) is 41.0 Å². The molecule has 0 aliphatic carbocycles. The quantitative estimate of drug-likeness (QED) is 0.762. The van der Waals surface area contributed by atoms with Crippen molar-refractivity contribution in [1.29, 1.82) is 0 Å². The van der Waals surface area contributed by atoms with Crippen molar-refractivity contribution in [2.75, 3.05) is 7.11 Å². The highest BCUT2D eigenvalue weighted by molar-refractivity contribution is 5.89. The van der Waals surface area contributed by atoms with Crippen LogP contribution in [0.2, 0.25) is 0 Å². The third-order valence-electron chi connectivity index (χ3n) is 4.66. The van der Waals surface area contributed by atoms with Crippen LogP contribution in [0.25, 0.3) is 10.8 Å². The second kappa shape index (κ2) is 6.17. The highest BCUT2D eigenvalue weighted by atomic mass is 16.5. The third kappa shape index (κ3) is 2.51. The summed E-state index contributed by atoms with van der Waals surface area (Å²) < 4.78 is 11.4. The molecule has 0 saturated carbocycles. The first-order valence-corrected chi connectivity index (χ1v) is 8.38. The van der Waals surface area contributed by atoms with Crippen LogP contribution in [0.1, 0.15) is 30.5 Å². The Balaban J connectivity index is 1.88. The number of fused-ring (bicyclic) bond motifs is 3. The minimum Gasteiger partial charge on any atom is -0.497 e. The Kier molecular flexibility index (Phi) is 3.87. The van der Waals surface area contributed by atoms with Gasteiger partial charge < -0.3 is 9.47 Å². The zero-order valence-corrected chi connectivity index (χ0v) is 14.0. The number of hydrogen-bond acceptors (Lipinski definition) is 3. The van der Waals surface area contributed by atoms with Crippen LogP contribution in [0.3, 0.4) is 0 Å². The molecule has 0 unspecified atom stereocenters. The van der Waals surface area contributed by atoms with Gasteiger partial charge in [0.25, 0.3) is 0 Å². The molecule has 0 fully saturated rings. The van der Waals surface area contributed by atoms with Crippen molar-refractivity contribution < 1.29 is 9.47 Å². The van der Waals surface area contributed by atoms with Gasteiger partial charge in [0.15, 0.2) is 6.23 Å². The lowest BCUT2D eigenvalue weighted by Gasteiger charge is -2.34. The molecule has 3 heteroatoms. The van der Waals surface area contributed by atoms with Crippen LogP contribution in [-0.4, -0.2) is 13.3 Å². The molecular weight excluding hydrogens is 298 g/mol. The van der Waals surface area contributed by atoms with Crippen molar-refractivity contribution in [2.45, 2.75) is 25.6 Å². The molecule has 1 heterocycles. The topological polar surface area (TPSA) is 30.5 Å². The van der Waals surface area contributed by atoms with Gasteiger partial charge in [-0.3, -0.25) is 5.32 Å². The zero-order valence-electron chi connectivity index (χ0n) is 14.0. The van der Waals surface area contributed by atoms with Crippen LogP contribution in [0.15, 0.2) is 60.7 Å². The van der Waals surface area contributed by atoms with Crippen LogP contribution < -0.4 is 14.8 Å². The third-order valence-corrected chi connectivity index (χ3v) is 4.66. The van der Waals surface area contributed by atoms with E-state index in [9.17, 15) is 0 Å². The molecule has 0 saturated heterocycles. The SMILES string of the molecule is CC[C@@H]1N[C@@H](c2ccc(OC)cc2)c2c(ccc3ccccc23)O1. The van der Waals surface area contributed by atoms with E-state index in [2.05, 4.69) is 60.8 Å². The predicted octanol–water partition coefficient (Wildman–Crippen LogP) is 4.66. The zero-order chi connectivity index (χ0) is 16.5. The molecule has 0 spiro atoms. The Hall–Kier alpha value is -2.52. The second-order valence-corrected chi connectivity index (χ2v) is 6.09. The summed E-state index contributed by atoms with van der Waals surface area (Å²) in [6.07, 6.45) is 0.935. The molecular formula is C21H21NO2. The number of nitrogens with one attached hydrogen (secondary N) is 1. The average molecular weight is 319 g/mol. The van der Waals surface area contributed by atoms with E-state index in [-0.39, 0.29) is 12.3 Å². The van der Waals surface area contributed by atoms with E-state index in [0.29, 0.717) is 0 Å². The van der Waals surface area contributed by atoms with Crippen molar-refractivity contribution >= 4 is 10.8 Å². The lowest BCUT2D eigenvalue weighted by molar-refractivity contribution is 0.128. The van der Waals surface area contributed by atoms with E-state index in [1.54, 1.807) is 7.11 Å². The van der Waals surface area contributed by atoms with Gasteiger partial charge in [0, 0.05) is 5.56 Å². The van der Waals surface area contributed by atoms with E-state index < -0.39 is 0 Å². The van der Waals surface area contributed by atoms with Crippen molar-refractivity contribution in [3.8, 4) is 11.5 Å². The maximum atomic E-state index is 6.15. The first kappa shape index (κ1) is 15.0. The number of rotatable bonds is 3. The minimum absolute atomic E-state index is 0.0192. The molecule has 1 aliphatic heterocycles. The monoisotopic (exact) mass is 319 g/mol. The van der Waals surface area contributed by atoms with Crippen LogP contribution >= 0.6 is 0 Å². The van der Waals surface area contributed by atoms with Crippen LogP contribution in [0, 0.1) is 0 Å². The Morgan fingerprint density at radius 2 is 1.79 bits per heavy atom. The molecule has 24 heavy (non-hydrogen) atoms. The number of ether oxygens (including phenoxy) is 2. The minimum atomic E-state index is 0.0192. The molecule has 2 atom stereocenters.